The van der Waals surface area contributed by atoms with Gasteiger partial charge in [-0.1, -0.05) is 29.8 Å². The summed E-state index contributed by atoms with van der Waals surface area (Å²) in [6.07, 6.45) is 2.53. The van der Waals surface area contributed by atoms with Crippen molar-refractivity contribution >= 4 is 39.9 Å². The van der Waals surface area contributed by atoms with Crippen LogP contribution in [0.4, 0.5) is 5.13 Å². The first-order valence-corrected chi connectivity index (χ1v) is 11.6. The van der Waals surface area contributed by atoms with Gasteiger partial charge in [0.2, 0.25) is 0 Å². The van der Waals surface area contributed by atoms with E-state index in [0.717, 1.165) is 34.7 Å². The van der Waals surface area contributed by atoms with Gasteiger partial charge in [0.25, 0.3) is 5.91 Å². The summed E-state index contributed by atoms with van der Waals surface area (Å²) in [6, 6.07) is 12.8. The molecule has 1 heterocycles. The Bertz CT molecular complexity index is 1160. The van der Waals surface area contributed by atoms with E-state index in [2.05, 4.69) is 10.3 Å². The van der Waals surface area contributed by atoms with E-state index in [1.807, 2.05) is 25.1 Å². The molecule has 1 atom stereocenters. The molecule has 0 bridgehead atoms. The van der Waals surface area contributed by atoms with Crippen molar-refractivity contribution in [2.75, 3.05) is 11.9 Å². The minimum atomic E-state index is -0.760. The first-order valence-electron chi connectivity index (χ1n) is 10.4. The molecule has 1 aromatic heterocycles. The number of carboxylic acid groups (broad SMARTS) is 1. The second-order valence-electron chi connectivity index (χ2n) is 7.75. The van der Waals surface area contributed by atoms with Gasteiger partial charge in [-0.3, -0.25) is 14.9 Å². The number of amides is 1. The van der Waals surface area contributed by atoms with Crippen LogP contribution < -0.4 is 10.1 Å². The molecule has 0 saturated carbocycles. The zero-order valence-corrected chi connectivity index (χ0v) is 19.1. The van der Waals surface area contributed by atoms with Crippen LogP contribution in [0.15, 0.2) is 42.5 Å². The molecule has 0 spiro atoms. The smallest absolute Gasteiger partial charge is 0.303 e. The monoisotopic (exact) mass is 470 g/mol. The van der Waals surface area contributed by atoms with Crippen LogP contribution in [0.1, 0.15) is 50.8 Å². The number of carboxylic acids is 1. The third-order valence-corrected chi connectivity index (χ3v) is 6.83. The van der Waals surface area contributed by atoms with Gasteiger partial charge in [0.15, 0.2) is 5.13 Å². The second-order valence-corrected chi connectivity index (χ2v) is 9.36. The van der Waals surface area contributed by atoms with E-state index >= 15 is 0 Å². The van der Waals surface area contributed by atoms with E-state index in [-0.39, 0.29) is 18.2 Å². The van der Waals surface area contributed by atoms with Crippen molar-refractivity contribution in [1.82, 2.24) is 4.98 Å². The van der Waals surface area contributed by atoms with Gasteiger partial charge in [-0.2, -0.15) is 0 Å². The third-order valence-electron chi connectivity index (χ3n) is 5.58. The standard InChI is InChI=1S/C24H23ClN2O4S/c1-14-21(26-24(32-14)27-23(30)19-4-2-3-5-20(19)25)10-11-31-17-8-9-18-15(12-17)6-7-16(18)13-22(28)29/h2-5,8-9,12,16H,6-7,10-11,13H2,1H3,(H,28,29)(H,26,27,30)/t16-/m0/s1. The predicted octanol–water partition coefficient (Wildman–Crippen LogP) is 5.48. The zero-order chi connectivity index (χ0) is 22.7. The maximum absolute atomic E-state index is 12.4. The Morgan fingerprint density at radius 2 is 2.09 bits per heavy atom. The molecule has 0 aliphatic heterocycles. The molecule has 3 aromatic rings. The number of aryl methyl sites for hydroxylation is 2. The van der Waals surface area contributed by atoms with Crippen molar-refractivity contribution in [1.29, 1.82) is 0 Å². The van der Waals surface area contributed by atoms with Crippen LogP contribution in [0.25, 0.3) is 0 Å². The van der Waals surface area contributed by atoms with E-state index in [0.29, 0.717) is 28.7 Å². The average Bonchev–Trinajstić information content (AvgIpc) is 3.30. The molecule has 8 heteroatoms. The van der Waals surface area contributed by atoms with Crippen molar-refractivity contribution in [2.45, 2.75) is 38.5 Å². The number of ether oxygens (including phenoxy) is 1. The Balaban J connectivity index is 1.33. The number of aliphatic carboxylic acids is 1. The van der Waals surface area contributed by atoms with Crippen LogP contribution >= 0.6 is 22.9 Å². The quantitative estimate of drug-likeness (QED) is 0.455. The number of thiazole rings is 1. The average molecular weight is 471 g/mol. The minimum absolute atomic E-state index is 0.0913. The molecule has 1 aliphatic rings. The molecule has 6 nitrogen and oxygen atoms in total. The van der Waals surface area contributed by atoms with Crippen LogP contribution in [-0.2, 0) is 17.6 Å². The number of hydrogen-bond donors (Lipinski definition) is 2. The summed E-state index contributed by atoms with van der Waals surface area (Å²) in [5.74, 6) is -0.177. The number of hydrogen-bond acceptors (Lipinski definition) is 5. The molecule has 2 aromatic carbocycles. The van der Waals surface area contributed by atoms with Crippen molar-refractivity contribution in [3.63, 3.8) is 0 Å². The van der Waals surface area contributed by atoms with Crippen molar-refractivity contribution in [3.8, 4) is 5.75 Å². The SMILES string of the molecule is Cc1sc(NC(=O)c2ccccc2Cl)nc1CCOc1ccc2c(c1)CC[C@H]2CC(=O)O. The number of halogens is 1. The van der Waals surface area contributed by atoms with Crippen molar-refractivity contribution < 1.29 is 19.4 Å². The number of carbonyl (C=O) groups is 2. The largest absolute Gasteiger partial charge is 0.493 e. The second kappa shape index (κ2) is 9.71. The van der Waals surface area contributed by atoms with E-state index < -0.39 is 5.97 Å². The van der Waals surface area contributed by atoms with Crippen LogP contribution in [0.5, 0.6) is 5.75 Å². The third kappa shape index (κ3) is 5.11. The summed E-state index contributed by atoms with van der Waals surface area (Å²) < 4.78 is 5.93. The summed E-state index contributed by atoms with van der Waals surface area (Å²) in [7, 11) is 0. The van der Waals surface area contributed by atoms with Gasteiger partial charge >= 0.3 is 5.97 Å². The highest BCUT2D eigenvalue weighted by Crippen LogP contribution is 2.37. The summed E-state index contributed by atoms with van der Waals surface area (Å²) in [5, 5.41) is 12.8. The fraction of sp³-hybridized carbons (Fsp3) is 0.292. The summed E-state index contributed by atoms with van der Waals surface area (Å²) in [5.41, 5.74) is 3.58. The lowest BCUT2D eigenvalue weighted by Crippen LogP contribution is -2.12. The number of nitrogens with zero attached hydrogens (tertiary/aromatic N) is 1. The van der Waals surface area contributed by atoms with Gasteiger partial charge in [-0.25, -0.2) is 4.98 Å². The van der Waals surface area contributed by atoms with Gasteiger partial charge in [0, 0.05) is 11.3 Å². The highest BCUT2D eigenvalue weighted by Gasteiger charge is 2.25. The summed E-state index contributed by atoms with van der Waals surface area (Å²) >= 11 is 7.51. The molecule has 0 saturated heterocycles. The molecular formula is C24H23ClN2O4S. The van der Waals surface area contributed by atoms with Gasteiger partial charge in [-0.15, -0.1) is 11.3 Å². The van der Waals surface area contributed by atoms with Gasteiger partial charge < -0.3 is 9.84 Å². The molecule has 0 unspecified atom stereocenters. The van der Waals surface area contributed by atoms with Crippen LogP contribution in [0.2, 0.25) is 5.02 Å². The Hall–Kier alpha value is -2.90. The Labute approximate surface area is 195 Å². The number of nitrogens with one attached hydrogen (secondary N) is 1. The van der Waals surface area contributed by atoms with Crippen LogP contribution in [-0.4, -0.2) is 28.6 Å². The number of benzene rings is 2. The maximum Gasteiger partial charge on any atom is 0.303 e. The number of fused-ring (bicyclic) bond motifs is 1. The molecular weight excluding hydrogens is 448 g/mol. The minimum Gasteiger partial charge on any atom is -0.493 e. The summed E-state index contributed by atoms with van der Waals surface area (Å²) in [4.78, 5) is 29.0. The van der Waals surface area contributed by atoms with Crippen LogP contribution in [0.3, 0.4) is 0 Å². The highest BCUT2D eigenvalue weighted by molar-refractivity contribution is 7.15. The van der Waals surface area contributed by atoms with Gasteiger partial charge in [-0.05, 0) is 61.1 Å². The molecule has 0 fully saturated rings. The molecule has 0 radical (unpaired) electrons. The topological polar surface area (TPSA) is 88.5 Å². The Kier molecular flexibility index (Phi) is 6.77. The molecule has 2 N–H and O–H groups in total. The number of carbonyl (C=O) groups excluding carboxylic acids is 1. The van der Waals surface area contributed by atoms with Gasteiger partial charge in [0.05, 0.1) is 29.3 Å². The molecule has 1 aliphatic carbocycles. The number of anilines is 1. The maximum atomic E-state index is 12.4. The highest BCUT2D eigenvalue weighted by atomic mass is 35.5. The van der Waals surface area contributed by atoms with Crippen molar-refractivity contribution in [3.05, 3.63) is 74.7 Å². The van der Waals surface area contributed by atoms with E-state index in [9.17, 15) is 9.59 Å². The fourth-order valence-corrected chi connectivity index (χ4v) is 5.06. The fourth-order valence-electron chi connectivity index (χ4n) is 3.98. The molecule has 32 heavy (non-hydrogen) atoms. The van der Waals surface area contributed by atoms with E-state index in [1.54, 1.807) is 24.3 Å². The van der Waals surface area contributed by atoms with E-state index in [1.165, 1.54) is 16.9 Å². The Morgan fingerprint density at radius 1 is 1.28 bits per heavy atom. The lowest BCUT2D eigenvalue weighted by atomic mass is 9.98. The Morgan fingerprint density at radius 3 is 2.88 bits per heavy atom. The lowest BCUT2D eigenvalue weighted by molar-refractivity contribution is -0.137. The number of rotatable bonds is 8. The summed E-state index contributed by atoms with van der Waals surface area (Å²) in [6.45, 7) is 2.43. The molecule has 166 valence electrons. The van der Waals surface area contributed by atoms with E-state index in [4.69, 9.17) is 21.4 Å². The number of aromatic nitrogens is 1. The lowest BCUT2D eigenvalue weighted by Gasteiger charge is -2.10. The molecule has 1 amide bonds. The first-order chi connectivity index (χ1) is 15.4. The van der Waals surface area contributed by atoms with Gasteiger partial charge in [0.1, 0.15) is 5.75 Å². The van der Waals surface area contributed by atoms with Crippen molar-refractivity contribution in [2.24, 2.45) is 0 Å². The first kappa shape index (κ1) is 22.3. The zero-order valence-electron chi connectivity index (χ0n) is 17.6. The predicted molar refractivity (Wildman–Crippen MR) is 125 cm³/mol. The normalized spacial score (nSPS) is 14.8. The molecule has 4 rings (SSSR count). The van der Waals surface area contributed by atoms with Crippen LogP contribution in [0, 0.1) is 6.92 Å².